The van der Waals surface area contributed by atoms with E-state index in [1.54, 1.807) is 31.8 Å². The van der Waals surface area contributed by atoms with Crippen molar-refractivity contribution in [2.45, 2.75) is 38.0 Å². The SMILES string of the molecule is COc1nc2ccc(C(O)(c3ccc(Cl)cc3)c3cncn3C)cc2c(C)c1CN1CCC(n2cccn2)CC1. The highest BCUT2D eigenvalue weighted by Gasteiger charge is 2.37. The number of benzene rings is 2. The fourth-order valence-electron chi connectivity index (χ4n) is 5.94. The average molecular weight is 557 g/mol. The Balaban J connectivity index is 1.39. The van der Waals surface area contributed by atoms with Gasteiger partial charge >= 0.3 is 0 Å². The molecule has 1 atom stereocenters. The number of hydrogen-bond acceptors (Lipinski definition) is 6. The normalized spacial score (nSPS) is 16.3. The maximum Gasteiger partial charge on any atom is 0.218 e. The molecule has 1 aliphatic rings. The summed E-state index contributed by atoms with van der Waals surface area (Å²) in [6.07, 6.45) is 9.39. The predicted molar refractivity (Wildman–Crippen MR) is 156 cm³/mol. The van der Waals surface area contributed by atoms with Crippen LogP contribution in [0.2, 0.25) is 5.02 Å². The maximum atomic E-state index is 12.4. The first kappa shape index (κ1) is 26.5. The van der Waals surface area contributed by atoms with Crippen LogP contribution in [0.1, 0.15) is 46.8 Å². The summed E-state index contributed by atoms with van der Waals surface area (Å²) in [5.74, 6) is 0.645. The lowest BCUT2D eigenvalue weighted by molar-refractivity contribution is 0.117. The van der Waals surface area contributed by atoms with E-state index in [0.29, 0.717) is 28.2 Å². The summed E-state index contributed by atoms with van der Waals surface area (Å²) in [4.78, 5) is 11.6. The van der Waals surface area contributed by atoms with Crippen LogP contribution < -0.4 is 4.74 Å². The predicted octanol–water partition coefficient (Wildman–Crippen LogP) is 5.26. The zero-order valence-electron chi connectivity index (χ0n) is 23.0. The van der Waals surface area contributed by atoms with Crippen molar-refractivity contribution >= 4 is 22.5 Å². The quantitative estimate of drug-likeness (QED) is 0.295. The summed E-state index contributed by atoms with van der Waals surface area (Å²) < 4.78 is 9.70. The van der Waals surface area contributed by atoms with Crippen molar-refractivity contribution in [2.24, 2.45) is 7.05 Å². The van der Waals surface area contributed by atoms with E-state index in [2.05, 4.69) is 32.8 Å². The molecule has 0 amide bonds. The van der Waals surface area contributed by atoms with E-state index >= 15 is 0 Å². The van der Waals surface area contributed by atoms with Crippen molar-refractivity contribution in [1.82, 2.24) is 29.2 Å². The molecule has 206 valence electrons. The molecule has 40 heavy (non-hydrogen) atoms. The van der Waals surface area contributed by atoms with Crippen molar-refractivity contribution in [2.75, 3.05) is 20.2 Å². The Morgan fingerprint density at radius 1 is 1.10 bits per heavy atom. The van der Waals surface area contributed by atoms with Gasteiger partial charge in [-0.1, -0.05) is 29.8 Å². The summed E-state index contributed by atoms with van der Waals surface area (Å²) in [6.45, 7) is 4.81. The van der Waals surface area contributed by atoms with Crippen molar-refractivity contribution in [3.05, 3.63) is 106 Å². The van der Waals surface area contributed by atoms with Gasteiger partial charge in [-0.15, -0.1) is 0 Å². The fourth-order valence-corrected chi connectivity index (χ4v) is 6.06. The number of imidazole rings is 1. The number of pyridine rings is 1. The molecule has 1 unspecified atom stereocenters. The second-order valence-electron chi connectivity index (χ2n) is 10.6. The molecule has 1 saturated heterocycles. The molecule has 1 fully saturated rings. The minimum atomic E-state index is -1.44. The molecule has 4 heterocycles. The molecule has 0 saturated carbocycles. The average Bonchev–Trinajstić information content (AvgIpc) is 3.67. The van der Waals surface area contributed by atoms with E-state index in [-0.39, 0.29) is 0 Å². The largest absolute Gasteiger partial charge is 0.481 e. The zero-order valence-corrected chi connectivity index (χ0v) is 23.7. The summed E-state index contributed by atoms with van der Waals surface area (Å²) in [6, 6.07) is 15.7. The van der Waals surface area contributed by atoms with Gasteiger partial charge in [0.1, 0.15) is 0 Å². The van der Waals surface area contributed by atoms with Gasteiger partial charge in [-0.2, -0.15) is 5.10 Å². The van der Waals surface area contributed by atoms with Gasteiger partial charge in [0, 0.05) is 55.0 Å². The smallest absolute Gasteiger partial charge is 0.218 e. The molecular formula is C31H33ClN6O2. The highest BCUT2D eigenvalue weighted by atomic mass is 35.5. The molecule has 5 aromatic rings. The van der Waals surface area contributed by atoms with Crippen LogP contribution in [0.4, 0.5) is 0 Å². The van der Waals surface area contributed by atoms with E-state index in [0.717, 1.165) is 60.1 Å². The minimum Gasteiger partial charge on any atom is -0.481 e. The number of aromatic nitrogens is 5. The minimum absolute atomic E-state index is 0.434. The lowest BCUT2D eigenvalue weighted by Crippen LogP contribution is -2.34. The molecule has 1 aliphatic heterocycles. The third kappa shape index (κ3) is 4.66. The molecule has 6 rings (SSSR count). The molecule has 9 heteroatoms. The molecular weight excluding hydrogens is 524 g/mol. The third-order valence-corrected chi connectivity index (χ3v) is 8.48. The standard InChI is InChI=1S/C31H33ClN6O2/c1-21-26-17-23(31(39,29-18-33-20-36(29)2)22-5-8-24(32)9-6-22)7-10-28(26)35-30(40-3)27(21)19-37-15-11-25(12-16-37)38-14-4-13-34-38/h4-10,13-14,17-18,20,25,39H,11-12,15-16,19H2,1-3H3. The molecule has 1 N–H and O–H groups in total. The third-order valence-electron chi connectivity index (χ3n) is 8.23. The van der Waals surface area contributed by atoms with Crippen LogP contribution in [0, 0.1) is 6.92 Å². The lowest BCUT2D eigenvalue weighted by Gasteiger charge is -2.33. The van der Waals surface area contributed by atoms with E-state index in [9.17, 15) is 5.11 Å². The van der Waals surface area contributed by atoms with Gasteiger partial charge < -0.3 is 14.4 Å². The van der Waals surface area contributed by atoms with E-state index in [1.165, 1.54) is 0 Å². The van der Waals surface area contributed by atoms with Gasteiger partial charge in [-0.05, 0) is 66.8 Å². The van der Waals surface area contributed by atoms with Crippen molar-refractivity contribution in [1.29, 1.82) is 0 Å². The summed E-state index contributed by atoms with van der Waals surface area (Å²) >= 11 is 6.20. The number of nitrogens with zero attached hydrogens (tertiary/aromatic N) is 6. The summed E-state index contributed by atoms with van der Waals surface area (Å²) in [5.41, 5.74) is 3.65. The van der Waals surface area contributed by atoms with Crippen LogP contribution in [0.15, 0.2) is 73.4 Å². The number of piperidine rings is 1. The molecule has 0 radical (unpaired) electrons. The van der Waals surface area contributed by atoms with Gasteiger partial charge in [0.25, 0.3) is 0 Å². The van der Waals surface area contributed by atoms with E-state index in [1.807, 2.05) is 54.2 Å². The van der Waals surface area contributed by atoms with E-state index in [4.69, 9.17) is 21.3 Å². The highest BCUT2D eigenvalue weighted by molar-refractivity contribution is 6.30. The molecule has 0 bridgehead atoms. The molecule has 2 aromatic carbocycles. The van der Waals surface area contributed by atoms with Crippen LogP contribution in [0.3, 0.4) is 0 Å². The van der Waals surface area contributed by atoms with Crippen LogP contribution in [0.25, 0.3) is 10.9 Å². The lowest BCUT2D eigenvalue weighted by atomic mass is 9.82. The number of aliphatic hydroxyl groups is 1. The fraction of sp³-hybridized carbons (Fsp3) is 0.323. The Morgan fingerprint density at radius 3 is 2.50 bits per heavy atom. The number of fused-ring (bicyclic) bond motifs is 1. The Morgan fingerprint density at radius 2 is 1.85 bits per heavy atom. The maximum absolute atomic E-state index is 12.4. The van der Waals surface area contributed by atoms with Gasteiger partial charge in [0.05, 0.1) is 36.9 Å². The second kappa shape index (κ2) is 10.7. The number of ether oxygens (including phenoxy) is 1. The van der Waals surface area contributed by atoms with Crippen molar-refractivity contribution < 1.29 is 9.84 Å². The van der Waals surface area contributed by atoms with Gasteiger partial charge in [0.15, 0.2) is 5.60 Å². The monoisotopic (exact) mass is 556 g/mol. The zero-order chi connectivity index (χ0) is 27.9. The Hall–Kier alpha value is -3.72. The number of hydrogen-bond donors (Lipinski definition) is 1. The van der Waals surface area contributed by atoms with Crippen LogP contribution in [0.5, 0.6) is 5.88 Å². The Labute approximate surface area is 238 Å². The first-order valence-electron chi connectivity index (χ1n) is 13.5. The first-order valence-corrected chi connectivity index (χ1v) is 13.9. The highest BCUT2D eigenvalue weighted by Crippen LogP contribution is 2.39. The van der Waals surface area contributed by atoms with Crippen molar-refractivity contribution in [3.8, 4) is 5.88 Å². The van der Waals surface area contributed by atoms with Gasteiger partial charge in [0.2, 0.25) is 5.88 Å². The number of likely N-dealkylation sites (tertiary alicyclic amines) is 1. The van der Waals surface area contributed by atoms with Crippen LogP contribution >= 0.6 is 11.6 Å². The molecule has 3 aromatic heterocycles. The number of methoxy groups -OCH3 is 1. The summed E-state index contributed by atoms with van der Waals surface area (Å²) in [5, 5.41) is 18.4. The molecule has 0 spiro atoms. The van der Waals surface area contributed by atoms with Gasteiger partial charge in [-0.3, -0.25) is 9.58 Å². The van der Waals surface area contributed by atoms with Crippen LogP contribution in [-0.2, 0) is 19.2 Å². The first-order chi connectivity index (χ1) is 19.4. The van der Waals surface area contributed by atoms with E-state index < -0.39 is 5.60 Å². The van der Waals surface area contributed by atoms with Gasteiger partial charge in [-0.25, -0.2) is 9.97 Å². The number of halogens is 1. The molecule has 0 aliphatic carbocycles. The second-order valence-corrected chi connectivity index (χ2v) is 11.0. The molecule has 8 nitrogen and oxygen atoms in total. The Bertz CT molecular complexity index is 1620. The summed E-state index contributed by atoms with van der Waals surface area (Å²) in [7, 11) is 3.56. The Kier molecular flexibility index (Phi) is 7.08. The number of aryl methyl sites for hydroxylation is 2. The van der Waals surface area contributed by atoms with Crippen LogP contribution in [-0.4, -0.2) is 54.5 Å². The van der Waals surface area contributed by atoms with Crippen molar-refractivity contribution in [3.63, 3.8) is 0 Å². The topological polar surface area (TPSA) is 81.2 Å². The number of rotatable bonds is 7.